The summed E-state index contributed by atoms with van der Waals surface area (Å²) >= 11 is 0. The lowest BCUT2D eigenvalue weighted by Crippen LogP contribution is -2.42. The fourth-order valence-corrected chi connectivity index (χ4v) is 2.93. The molecule has 106 valence electrons. The predicted molar refractivity (Wildman–Crippen MR) is 80.4 cm³/mol. The summed E-state index contributed by atoms with van der Waals surface area (Å²) in [6.45, 7) is 3.21. The molecule has 2 unspecified atom stereocenters. The SMILES string of the molecule is CCNC(CCCc1ccccc1)C(OC)C1CC1. The Kier molecular flexibility index (Phi) is 5.87. The molecule has 2 atom stereocenters. The molecule has 19 heavy (non-hydrogen) atoms. The first kappa shape index (κ1) is 14.5. The van der Waals surface area contributed by atoms with Gasteiger partial charge >= 0.3 is 0 Å². The average molecular weight is 261 g/mol. The van der Waals surface area contributed by atoms with Crippen molar-refractivity contribution in [1.29, 1.82) is 0 Å². The number of benzene rings is 1. The van der Waals surface area contributed by atoms with E-state index in [-0.39, 0.29) is 0 Å². The summed E-state index contributed by atoms with van der Waals surface area (Å²) in [6.07, 6.45) is 6.71. The summed E-state index contributed by atoms with van der Waals surface area (Å²) in [5.41, 5.74) is 1.44. The smallest absolute Gasteiger partial charge is 0.0752 e. The van der Waals surface area contributed by atoms with E-state index in [1.54, 1.807) is 0 Å². The van der Waals surface area contributed by atoms with Gasteiger partial charge in [-0.2, -0.15) is 0 Å². The maximum Gasteiger partial charge on any atom is 0.0752 e. The summed E-state index contributed by atoms with van der Waals surface area (Å²) in [5, 5.41) is 3.62. The molecule has 0 saturated heterocycles. The van der Waals surface area contributed by atoms with E-state index in [1.807, 2.05) is 7.11 Å². The Bertz CT molecular complexity index is 348. The Labute approximate surface area is 117 Å². The highest BCUT2D eigenvalue weighted by Crippen LogP contribution is 2.36. The molecule has 1 aromatic carbocycles. The van der Waals surface area contributed by atoms with Crippen LogP contribution in [0.25, 0.3) is 0 Å². The van der Waals surface area contributed by atoms with Crippen LogP contribution in [0.5, 0.6) is 0 Å². The Balaban J connectivity index is 1.79. The summed E-state index contributed by atoms with van der Waals surface area (Å²) in [5.74, 6) is 0.797. The molecule has 2 rings (SSSR count). The van der Waals surface area contributed by atoms with E-state index in [9.17, 15) is 0 Å². The van der Waals surface area contributed by atoms with Crippen molar-refractivity contribution in [3.8, 4) is 0 Å². The molecule has 1 aliphatic rings. The van der Waals surface area contributed by atoms with Crippen LogP contribution >= 0.6 is 0 Å². The molecule has 0 amide bonds. The molecule has 0 bridgehead atoms. The molecule has 0 heterocycles. The molecule has 1 saturated carbocycles. The van der Waals surface area contributed by atoms with Crippen LogP contribution in [0.4, 0.5) is 0 Å². The van der Waals surface area contributed by atoms with Gasteiger partial charge in [0.05, 0.1) is 6.10 Å². The van der Waals surface area contributed by atoms with Crippen LogP contribution in [0.15, 0.2) is 30.3 Å². The van der Waals surface area contributed by atoms with Gasteiger partial charge in [0, 0.05) is 13.2 Å². The lowest BCUT2D eigenvalue weighted by molar-refractivity contribution is 0.0483. The minimum absolute atomic E-state index is 0.413. The van der Waals surface area contributed by atoms with Crippen molar-refractivity contribution in [2.45, 2.75) is 51.2 Å². The highest BCUT2D eigenvalue weighted by Gasteiger charge is 2.36. The molecule has 2 nitrogen and oxygen atoms in total. The van der Waals surface area contributed by atoms with Crippen molar-refractivity contribution in [3.63, 3.8) is 0 Å². The predicted octanol–water partition coefficient (Wildman–Crippen LogP) is 3.41. The van der Waals surface area contributed by atoms with Gasteiger partial charge in [0.25, 0.3) is 0 Å². The van der Waals surface area contributed by atoms with Gasteiger partial charge in [0.2, 0.25) is 0 Å². The first-order chi connectivity index (χ1) is 9.35. The Hall–Kier alpha value is -0.860. The zero-order chi connectivity index (χ0) is 13.5. The van der Waals surface area contributed by atoms with E-state index < -0.39 is 0 Å². The van der Waals surface area contributed by atoms with Gasteiger partial charge in [-0.3, -0.25) is 0 Å². The van der Waals surface area contributed by atoms with E-state index in [0.29, 0.717) is 12.1 Å². The van der Waals surface area contributed by atoms with Crippen molar-refractivity contribution >= 4 is 0 Å². The van der Waals surface area contributed by atoms with Crippen LogP contribution in [0, 0.1) is 5.92 Å². The summed E-state index contributed by atoms with van der Waals surface area (Å²) in [7, 11) is 1.87. The van der Waals surface area contributed by atoms with Crippen LogP contribution in [0.2, 0.25) is 0 Å². The Morgan fingerprint density at radius 1 is 1.26 bits per heavy atom. The molecular weight excluding hydrogens is 234 g/mol. The number of hydrogen-bond donors (Lipinski definition) is 1. The van der Waals surface area contributed by atoms with Gasteiger partial charge in [0.1, 0.15) is 0 Å². The molecule has 0 aromatic heterocycles. The zero-order valence-electron chi connectivity index (χ0n) is 12.3. The molecule has 0 radical (unpaired) electrons. The highest BCUT2D eigenvalue weighted by molar-refractivity contribution is 5.14. The first-order valence-electron chi connectivity index (χ1n) is 7.65. The van der Waals surface area contributed by atoms with Crippen LogP contribution in [-0.2, 0) is 11.2 Å². The summed E-state index contributed by atoms with van der Waals surface area (Å²) in [6, 6.07) is 11.3. The van der Waals surface area contributed by atoms with E-state index in [4.69, 9.17) is 4.74 Å². The molecule has 1 N–H and O–H groups in total. The van der Waals surface area contributed by atoms with Crippen LogP contribution < -0.4 is 5.32 Å². The topological polar surface area (TPSA) is 21.3 Å². The normalized spacial score (nSPS) is 18.2. The summed E-state index contributed by atoms with van der Waals surface area (Å²) < 4.78 is 5.73. The van der Waals surface area contributed by atoms with Crippen LogP contribution in [-0.4, -0.2) is 25.8 Å². The largest absolute Gasteiger partial charge is 0.380 e. The fourth-order valence-electron chi connectivity index (χ4n) is 2.93. The third-order valence-electron chi connectivity index (χ3n) is 4.05. The van der Waals surface area contributed by atoms with Crippen molar-refractivity contribution < 1.29 is 4.74 Å². The number of aryl methyl sites for hydroxylation is 1. The number of rotatable bonds is 9. The van der Waals surface area contributed by atoms with Crippen molar-refractivity contribution in [2.75, 3.05) is 13.7 Å². The van der Waals surface area contributed by atoms with Crippen molar-refractivity contribution in [1.82, 2.24) is 5.32 Å². The molecule has 2 heteroatoms. The number of likely N-dealkylation sites (N-methyl/N-ethyl adjacent to an activating group) is 1. The van der Waals surface area contributed by atoms with E-state index in [1.165, 1.54) is 37.7 Å². The maximum absolute atomic E-state index is 5.73. The lowest BCUT2D eigenvalue weighted by atomic mass is 9.98. The van der Waals surface area contributed by atoms with Gasteiger partial charge in [0.15, 0.2) is 0 Å². The molecule has 1 aliphatic carbocycles. The molecular formula is C17H27NO. The number of methoxy groups -OCH3 is 1. The van der Waals surface area contributed by atoms with Gasteiger partial charge in [-0.15, -0.1) is 0 Å². The van der Waals surface area contributed by atoms with E-state index in [0.717, 1.165) is 12.5 Å². The van der Waals surface area contributed by atoms with E-state index >= 15 is 0 Å². The van der Waals surface area contributed by atoms with Crippen molar-refractivity contribution in [3.05, 3.63) is 35.9 Å². The highest BCUT2D eigenvalue weighted by atomic mass is 16.5. The molecule has 1 aromatic rings. The first-order valence-corrected chi connectivity index (χ1v) is 7.65. The van der Waals surface area contributed by atoms with Crippen molar-refractivity contribution in [2.24, 2.45) is 5.92 Å². The third kappa shape index (κ3) is 4.63. The number of ether oxygens (including phenoxy) is 1. The van der Waals surface area contributed by atoms with Gasteiger partial charge in [-0.1, -0.05) is 37.3 Å². The second-order valence-corrected chi connectivity index (χ2v) is 5.58. The zero-order valence-corrected chi connectivity index (χ0v) is 12.3. The molecule has 1 fully saturated rings. The quantitative estimate of drug-likeness (QED) is 0.735. The monoisotopic (exact) mass is 261 g/mol. The summed E-state index contributed by atoms with van der Waals surface area (Å²) in [4.78, 5) is 0. The second kappa shape index (κ2) is 7.66. The van der Waals surface area contributed by atoms with Crippen LogP contribution in [0.3, 0.4) is 0 Å². The Morgan fingerprint density at radius 2 is 2.00 bits per heavy atom. The second-order valence-electron chi connectivity index (χ2n) is 5.58. The number of hydrogen-bond acceptors (Lipinski definition) is 2. The van der Waals surface area contributed by atoms with Gasteiger partial charge < -0.3 is 10.1 Å². The third-order valence-corrected chi connectivity index (χ3v) is 4.05. The lowest BCUT2D eigenvalue weighted by Gasteiger charge is -2.27. The molecule has 0 aliphatic heterocycles. The Morgan fingerprint density at radius 3 is 2.58 bits per heavy atom. The van der Waals surface area contributed by atoms with Crippen LogP contribution in [0.1, 0.15) is 38.2 Å². The standard InChI is InChI=1S/C17H27NO/c1-3-18-16(17(19-2)15-12-13-15)11-7-10-14-8-5-4-6-9-14/h4-6,8-9,15-18H,3,7,10-13H2,1-2H3. The average Bonchev–Trinajstić information content (AvgIpc) is 3.25. The van der Waals surface area contributed by atoms with E-state index in [2.05, 4.69) is 42.6 Å². The number of nitrogens with one attached hydrogen (secondary N) is 1. The minimum atomic E-state index is 0.413. The minimum Gasteiger partial charge on any atom is -0.380 e. The van der Waals surface area contributed by atoms with Gasteiger partial charge in [-0.05, 0) is 50.1 Å². The molecule has 0 spiro atoms. The maximum atomic E-state index is 5.73. The fraction of sp³-hybridized carbons (Fsp3) is 0.647. The van der Waals surface area contributed by atoms with Gasteiger partial charge in [-0.25, -0.2) is 0 Å².